The van der Waals surface area contributed by atoms with Crippen molar-refractivity contribution in [2.24, 2.45) is 5.84 Å². The third-order valence-electron chi connectivity index (χ3n) is 2.49. The standard InChI is InChI=1S/C11H16ClFN2O2/c1-16-11(17-2)10(15-14)6-7-8(12)4-3-5-9(7)13/h3-5,10-11,15H,6,14H2,1-2H3. The van der Waals surface area contributed by atoms with Gasteiger partial charge in [0.15, 0.2) is 6.29 Å². The van der Waals surface area contributed by atoms with Crippen molar-refractivity contribution >= 4 is 11.6 Å². The van der Waals surface area contributed by atoms with Crippen LogP contribution >= 0.6 is 11.6 Å². The molecule has 0 heterocycles. The van der Waals surface area contributed by atoms with E-state index in [2.05, 4.69) is 5.43 Å². The Balaban J connectivity index is 2.87. The number of ether oxygens (including phenoxy) is 2. The second-order valence-corrected chi connectivity index (χ2v) is 3.92. The Morgan fingerprint density at radius 2 is 2.06 bits per heavy atom. The van der Waals surface area contributed by atoms with Crippen molar-refractivity contribution in [3.8, 4) is 0 Å². The summed E-state index contributed by atoms with van der Waals surface area (Å²) in [4.78, 5) is 0. The van der Waals surface area contributed by atoms with E-state index in [0.717, 1.165) is 0 Å². The van der Waals surface area contributed by atoms with Gasteiger partial charge in [-0.25, -0.2) is 4.39 Å². The average molecular weight is 263 g/mol. The van der Waals surface area contributed by atoms with Gasteiger partial charge in [-0.2, -0.15) is 0 Å². The smallest absolute Gasteiger partial charge is 0.173 e. The second-order valence-electron chi connectivity index (χ2n) is 3.52. The Morgan fingerprint density at radius 1 is 1.41 bits per heavy atom. The maximum Gasteiger partial charge on any atom is 0.173 e. The van der Waals surface area contributed by atoms with Crippen molar-refractivity contribution in [2.75, 3.05) is 14.2 Å². The van der Waals surface area contributed by atoms with Gasteiger partial charge in [0, 0.05) is 24.8 Å². The fourth-order valence-electron chi connectivity index (χ4n) is 1.61. The first-order valence-corrected chi connectivity index (χ1v) is 5.46. The highest BCUT2D eigenvalue weighted by molar-refractivity contribution is 6.31. The molecule has 0 fully saturated rings. The summed E-state index contributed by atoms with van der Waals surface area (Å²) in [7, 11) is 2.98. The molecule has 0 amide bonds. The summed E-state index contributed by atoms with van der Waals surface area (Å²) in [6, 6.07) is 4.14. The lowest BCUT2D eigenvalue weighted by Gasteiger charge is -2.24. The highest BCUT2D eigenvalue weighted by Gasteiger charge is 2.22. The van der Waals surface area contributed by atoms with Crippen LogP contribution < -0.4 is 11.3 Å². The van der Waals surface area contributed by atoms with Crippen molar-refractivity contribution < 1.29 is 13.9 Å². The van der Waals surface area contributed by atoms with Gasteiger partial charge in [0.05, 0.1) is 6.04 Å². The fourth-order valence-corrected chi connectivity index (χ4v) is 1.85. The molecule has 96 valence electrons. The van der Waals surface area contributed by atoms with Gasteiger partial charge >= 0.3 is 0 Å². The summed E-state index contributed by atoms with van der Waals surface area (Å²) in [5.74, 6) is 5.03. The lowest BCUT2D eigenvalue weighted by molar-refractivity contribution is -0.122. The van der Waals surface area contributed by atoms with E-state index < -0.39 is 6.29 Å². The molecule has 1 unspecified atom stereocenters. The average Bonchev–Trinajstić information content (AvgIpc) is 2.33. The van der Waals surface area contributed by atoms with Crippen LogP contribution in [-0.2, 0) is 15.9 Å². The molecular weight excluding hydrogens is 247 g/mol. The number of hydrogen-bond acceptors (Lipinski definition) is 4. The molecule has 0 saturated heterocycles. The van der Waals surface area contributed by atoms with Crippen LogP contribution in [0.25, 0.3) is 0 Å². The molecule has 0 aliphatic carbocycles. The quantitative estimate of drug-likeness (QED) is 0.463. The van der Waals surface area contributed by atoms with Gasteiger partial charge in [0.1, 0.15) is 5.82 Å². The maximum absolute atomic E-state index is 13.6. The normalized spacial score (nSPS) is 13.1. The Kier molecular flexibility index (Phi) is 5.80. The van der Waals surface area contributed by atoms with Crippen molar-refractivity contribution in [1.29, 1.82) is 0 Å². The van der Waals surface area contributed by atoms with Crippen LogP contribution in [0.3, 0.4) is 0 Å². The minimum Gasteiger partial charge on any atom is -0.354 e. The van der Waals surface area contributed by atoms with E-state index in [-0.39, 0.29) is 18.3 Å². The summed E-state index contributed by atoms with van der Waals surface area (Å²) in [5.41, 5.74) is 2.92. The molecule has 6 heteroatoms. The number of rotatable bonds is 6. The van der Waals surface area contributed by atoms with Gasteiger partial charge < -0.3 is 9.47 Å². The van der Waals surface area contributed by atoms with E-state index in [9.17, 15) is 4.39 Å². The first-order valence-electron chi connectivity index (χ1n) is 5.08. The van der Waals surface area contributed by atoms with Gasteiger partial charge in [-0.1, -0.05) is 17.7 Å². The van der Waals surface area contributed by atoms with Crippen LogP contribution in [0.5, 0.6) is 0 Å². The number of benzene rings is 1. The number of methoxy groups -OCH3 is 2. The predicted molar refractivity (Wildman–Crippen MR) is 64.0 cm³/mol. The topological polar surface area (TPSA) is 56.5 Å². The maximum atomic E-state index is 13.6. The van der Waals surface area contributed by atoms with E-state index in [1.54, 1.807) is 12.1 Å². The lowest BCUT2D eigenvalue weighted by Crippen LogP contribution is -2.47. The van der Waals surface area contributed by atoms with Gasteiger partial charge in [0.2, 0.25) is 0 Å². The van der Waals surface area contributed by atoms with Crippen molar-refractivity contribution in [2.45, 2.75) is 18.8 Å². The summed E-state index contributed by atoms with van der Waals surface area (Å²) in [6.07, 6.45) is -0.301. The zero-order chi connectivity index (χ0) is 12.8. The van der Waals surface area contributed by atoms with Gasteiger partial charge in [0.25, 0.3) is 0 Å². The van der Waals surface area contributed by atoms with E-state index in [0.29, 0.717) is 10.6 Å². The molecular formula is C11H16ClFN2O2. The van der Waals surface area contributed by atoms with Crippen LogP contribution in [-0.4, -0.2) is 26.6 Å². The van der Waals surface area contributed by atoms with Crippen LogP contribution in [0.15, 0.2) is 18.2 Å². The molecule has 0 aromatic heterocycles. The molecule has 0 radical (unpaired) electrons. The fraction of sp³-hybridized carbons (Fsp3) is 0.455. The molecule has 0 saturated carbocycles. The number of nitrogens with one attached hydrogen (secondary N) is 1. The van der Waals surface area contributed by atoms with Gasteiger partial charge in [-0.15, -0.1) is 0 Å². The zero-order valence-corrected chi connectivity index (χ0v) is 10.5. The monoisotopic (exact) mass is 262 g/mol. The van der Waals surface area contributed by atoms with Gasteiger partial charge in [-0.3, -0.25) is 11.3 Å². The molecule has 0 aliphatic rings. The third-order valence-corrected chi connectivity index (χ3v) is 2.85. The molecule has 1 aromatic carbocycles. The first kappa shape index (κ1) is 14.3. The number of hydrogen-bond donors (Lipinski definition) is 2. The molecule has 3 N–H and O–H groups in total. The van der Waals surface area contributed by atoms with Crippen LogP contribution in [0.2, 0.25) is 5.02 Å². The van der Waals surface area contributed by atoms with E-state index in [1.807, 2.05) is 0 Å². The van der Waals surface area contributed by atoms with E-state index in [1.165, 1.54) is 20.3 Å². The number of hydrazine groups is 1. The molecule has 1 rings (SSSR count). The van der Waals surface area contributed by atoms with E-state index >= 15 is 0 Å². The lowest BCUT2D eigenvalue weighted by atomic mass is 10.1. The summed E-state index contributed by atoms with van der Waals surface area (Å²) in [5, 5.41) is 0.358. The molecule has 1 atom stereocenters. The summed E-state index contributed by atoms with van der Waals surface area (Å²) < 4.78 is 23.7. The van der Waals surface area contributed by atoms with Crippen molar-refractivity contribution in [3.05, 3.63) is 34.6 Å². The van der Waals surface area contributed by atoms with Crippen LogP contribution in [0.4, 0.5) is 4.39 Å². The molecule has 1 aromatic rings. The minimum atomic E-state index is -0.573. The Hall–Kier alpha value is -0.720. The molecule has 4 nitrogen and oxygen atoms in total. The van der Waals surface area contributed by atoms with Crippen molar-refractivity contribution in [1.82, 2.24) is 5.43 Å². The molecule has 17 heavy (non-hydrogen) atoms. The highest BCUT2D eigenvalue weighted by Crippen LogP contribution is 2.21. The number of nitrogens with two attached hydrogens (primary N) is 1. The van der Waals surface area contributed by atoms with Crippen molar-refractivity contribution in [3.63, 3.8) is 0 Å². The third kappa shape index (κ3) is 3.62. The first-order chi connectivity index (χ1) is 8.13. The molecule has 0 bridgehead atoms. The van der Waals surface area contributed by atoms with Crippen LogP contribution in [0, 0.1) is 5.82 Å². The zero-order valence-electron chi connectivity index (χ0n) is 9.74. The van der Waals surface area contributed by atoms with E-state index in [4.69, 9.17) is 26.9 Å². The SMILES string of the molecule is COC(OC)C(Cc1c(F)cccc1Cl)NN. The second kappa shape index (κ2) is 6.88. The van der Waals surface area contributed by atoms with Gasteiger partial charge in [-0.05, 0) is 18.6 Å². The Bertz CT molecular complexity index is 341. The Morgan fingerprint density at radius 3 is 2.53 bits per heavy atom. The highest BCUT2D eigenvalue weighted by atomic mass is 35.5. The molecule has 0 aliphatic heterocycles. The Labute approximate surface area is 105 Å². The molecule has 0 spiro atoms. The largest absolute Gasteiger partial charge is 0.354 e. The van der Waals surface area contributed by atoms with Crippen LogP contribution in [0.1, 0.15) is 5.56 Å². The number of halogens is 2. The minimum absolute atomic E-state index is 0.272. The summed E-state index contributed by atoms with van der Waals surface area (Å²) >= 11 is 5.93. The summed E-state index contributed by atoms with van der Waals surface area (Å²) in [6.45, 7) is 0. The predicted octanol–water partition coefficient (Wildman–Crippen LogP) is 1.47.